The van der Waals surface area contributed by atoms with Crippen molar-refractivity contribution in [3.8, 4) is 17.5 Å². The van der Waals surface area contributed by atoms with Gasteiger partial charge in [-0.2, -0.15) is 5.26 Å². The quantitative estimate of drug-likeness (QED) is 0.948. The van der Waals surface area contributed by atoms with Gasteiger partial charge in [0.2, 0.25) is 0 Å². The predicted molar refractivity (Wildman–Crippen MR) is 73.8 cm³/mol. The number of imidazole rings is 1. The molecule has 2 aromatic rings. The molecule has 18 heavy (non-hydrogen) atoms. The van der Waals surface area contributed by atoms with Crippen molar-refractivity contribution in [1.29, 1.82) is 5.26 Å². The Hall–Kier alpha value is -1.64. The van der Waals surface area contributed by atoms with Crippen LogP contribution in [0, 0.1) is 11.3 Å². The number of nitrogens with zero attached hydrogens (tertiary/aromatic N) is 3. The number of hydrogen-bond acceptors (Lipinski definition) is 3. The van der Waals surface area contributed by atoms with Crippen molar-refractivity contribution in [2.24, 2.45) is 0 Å². The molecule has 1 N–H and O–H groups in total. The molecule has 0 spiro atoms. The molecule has 0 fully saturated rings. The fourth-order valence-corrected chi connectivity index (χ4v) is 2.21. The summed E-state index contributed by atoms with van der Waals surface area (Å²) in [7, 11) is 3.73. The molecule has 1 unspecified atom stereocenters. The first-order valence-electron chi connectivity index (χ1n) is 5.50. The highest BCUT2D eigenvalue weighted by Crippen LogP contribution is 2.27. The Kier molecular flexibility index (Phi) is 3.80. The number of aromatic amines is 1. The zero-order valence-corrected chi connectivity index (χ0v) is 11.8. The monoisotopic (exact) mass is 304 g/mol. The van der Waals surface area contributed by atoms with Crippen molar-refractivity contribution in [2.45, 2.75) is 6.04 Å². The molecule has 0 aliphatic rings. The summed E-state index contributed by atoms with van der Waals surface area (Å²) >= 11 is 3.40. The van der Waals surface area contributed by atoms with Gasteiger partial charge in [0, 0.05) is 5.56 Å². The third-order valence-electron chi connectivity index (χ3n) is 2.64. The van der Waals surface area contributed by atoms with Crippen molar-refractivity contribution >= 4 is 15.9 Å². The minimum absolute atomic E-state index is 0.343. The molecule has 0 saturated heterocycles. The van der Waals surface area contributed by atoms with Gasteiger partial charge in [-0.25, -0.2) is 4.98 Å². The highest BCUT2D eigenvalue weighted by Gasteiger charge is 2.20. The summed E-state index contributed by atoms with van der Waals surface area (Å²) in [5.41, 5.74) is 1.78. The van der Waals surface area contributed by atoms with Gasteiger partial charge in [0.15, 0.2) is 0 Å². The van der Waals surface area contributed by atoms with Crippen LogP contribution in [-0.2, 0) is 0 Å². The third kappa shape index (κ3) is 2.45. The van der Waals surface area contributed by atoms with E-state index in [0.717, 1.165) is 17.1 Å². The summed E-state index contributed by atoms with van der Waals surface area (Å²) < 4.78 is 0.682. The fourth-order valence-electron chi connectivity index (χ4n) is 1.72. The lowest BCUT2D eigenvalue weighted by Gasteiger charge is -2.15. The fraction of sp³-hybridized carbons (Fsp3) is 0.231. The van der Waals surface area contributed by atoms with Crippen LogP contribution in [0.5, 0.6) is 0 Å². The molecular weight excluding hydrogens is 292 g/mol. The maximum absolute atomic E-state index is 9.19. The molecule has 5 heteroatoms. The smallest absolute Gasteiger partial charge is 0.141 e. The van der Waals surface area contributed by atoms with Gasteiger partial charge in [0.1, 0.15) is 16.5 Å². The molecule has 0 saturated carbocycles. The van der Waals surface area contributed by atoms with Gasteiger partial charge in [-0.1, -0.05) is 30.3 Å². The summed E-state index contributed by atoms with van der Waals surface area (Å²) in [5.74, 6) is 0.763. The van der Waals surface area contributed by atoms with Gasteiger partial charge >= 0.3 is 0 Å². The van der Waals surface area contributed by atoms with E-state index >= 15 is 0 Å². The number of H-pyrrole nitrogens is 1. The Morgan fingerprint density at radius 1 is 1.33 bits per heavy atom. The van der Waals surface area contributed by atoms with Crippen LogP contribution in [0.15, 0.2) is 34.9 Å². The van der Waals surface area contributed by atoms with Gasteiger partial charge in [-0.3, -0.25) is 4.90 Å². The van der Waals surface area contributed by atoms with Crippen LogP contribution < -0.4 is 0 Å². The van der Waals surface area contributed by atoms with E-state index in [-0.39, 0.29) is 6.04 Å². The molecule has 4 nitrogen and oxygen atoms in total. The van der Waals surface area contributed by atoms with Gasteiger partial charge in [0.25, 0.3) is 0 Å². The Balaban J connectivity index is 2.42. The molecule has 1 aromatic carbocycles. The molecule has 1 heterocycles. The average Bonchev–Trinajstić information content (AvgIpc) is 2.73. The van der Waals surface area contributed by atoms with Crippen LogP contribution in [-0.4, -0.2) is 29.0 Å². The maximum Gasteiger partial charge on any atom is 0.141 e. The minimum Gasteiger partial charge on any atom is -0.339 e. The molecule has 0 radical (unpaired) electrons. The lowest BCUT2D eigenvalue weighted by atomic mass is 10.2. The second-order valence-corrected chi connectivity index (χ2v) is 4.90. The second-order valence-electron chi connectivity index (χ2n) is 4.15. The lowest BCUT2D eigenvalue weighted by molar-refractivity contribution is 0.352. The van der Waals surface area contributed by atoms with E-state index in [2.05, 4.69) is 32.0 Å². The van der Waals surface area contributed by atoms with Gasteiger partial charge in [-0.05, 0) is 30.0 Å². The molecule has 0 aliphatic carbocycles. The zero-order chi connectivity index (χ0) is 13.1. The van der Waals surface area contributed by atoms with Crippen LogP contribution in [0.3, 0.4) is 0 Å². The number of halogens is 1. The van der Waals surface area contributed by atoms with Crippen LogP contribution >= 0.6 is 15.9 Å². The predicted octanol–water partition coefficient (Wildman–Crippen LogP) is 2.97. The number of hydrogen-bond donors (Lipinski definition) is 1. The van der Waals surface area contributed by atoms with Gasteiger partial charge < -0.3 is 4.98 Å². The molecule has 92 valence electrons. The first-order valence-corrected chi connectivity index (χ1v) is 6.29. The normalized spacial score (nSPS) is 12.4. The number of rotatable bonds is 3. The Morgan fingerprint density at radius 2 is 2.00 bits per heavy atom. The van der Waals surface area contributed by atoms with Crippen molar-refractivity contribution < 1.29 is 0 Å². The summed E-state index contributed by atoms with van der Waals surface area (Å²) in [6.45, 7) is 0. The third-order valence-corrected chi connectivity index (χ3v) is 3.25. The zero-order valence-electron chi connectivity index (χ0n) is 10.2. The van der Waals surface area contributed by atoms with Crippen LogP contribution in [0.25, 0.3) is 11.4 Å². The average molecular weight is 305 g/mol. The largest absolute Gasteiger partial charge is 0.339 e. The van der Waals surface area contributed by atoms with Gasteiger partial charge in [0.05, 0.1) is 11.8 Å². The van der Waals surface area contributed by atoms with E-state index in [9.17, 15) is 5.26 Å². The number of aromatic nitrogens is 2. The lowest BCUT2D eigenvalue weighted by Crippen LogP contribution is -2.18. The number of benzene rings is 1. The molecule has 1 atom stereocenters. The highest BCUT2D eigenvalue weighted by atomic mass is 79.9. The van der Waals surface area contributed by atoms with Crippen molar-refractivity contribution in [3.05, 3.63) is 40.6 Å². The van der Waals surface area contributed by atoms with E-state index in [1.807, 2.05) is 49.3 Å². The van der Waals surface area contributed by atoms with Crippen molar-refractivity contribution in [2.75, 3.05) is 14.1 Å². The first kappa shape index (κ1) is 12.8. The SMILES string of the molecule is CN(C)C(C#N)c1[nH]c(-c2ccccc2)nc1Br. The van der Waals surface area contributed by atoms with Crippen molar-refractivity contribution in [1.82, 2.24) is 14.9 Å². The molecule has 1 aromatic heterocycles. The first-order chi connectivity index (χ1) is 8.63. The number of nitriles is 1. The highest BCUT2D eigenvalue weighted by molar-refractivity contribution is 9.10. The standard InChI is InChI=1S/C13H13BrN4/c1-18(2)10(8-15)11-12(14)17-13(16-11)9-6-4-3-5-7-9/h3-7,10H,1-2H3,(H,16,17). The summed E-state index contributed by atoms with van der Waals surface area (Å²) in [5, 5.41) is 9.19. The molecule has 2 rings (SSSR count). The molecule has 0 amide bonds. The van der Waals surface area contributed by atoms with Crippen molar-refractivity contribution in [3.63, 3.8) is 0 Å². The van der Waals surface area contributed by atoms with Crippen LogP contribution in [0.4, 0.5) is 0 Å². The Bertz CT molecular complexity index is 568. The number of nitrogens with one attached hydrogen (secondary N) is 1. The minimum atomic E-state index is -0.343. The van der Waals surface area contributed by atoms with Crippen LogP contribution in [0.1, 0.15) is 11.7 Å². The molecule has 0 aliphatic heterocycles. The van der Waals surface area contributed by atoms with E-state index in [1.165, 1.54) is 0 Å². The van der Waals surface area contributed by atoms with E-state index in [1.54, 1.807) is 0 Å². The topological polar surface area (TPSA) is 55.7 Å². The molecule has 0 bridgehead atoms. The van der Waals surface area contributed by atoms with E-state index in [4.69, 9.17) is 0 Å². The second kappa shape index (κ2) is 5.34. The summed E-state index contributed by atoms with van der Waals surface area (Å²) in [4.78, 5) is 9.46. The summed E-state index contributed by atoms with van der Waals surface area (Å²) in [6, 6.07) is 11.7. The summed E-state index contributed by atoms with van der Waals surface area (Å²) in [6.07, 6.45) is 0. The van der Waals surface area contributed by atoms with E-state index < -0.39 is 0 Å². The maximum atomic E-state index is 9.19. The Labute approximate surface area is 114 Å². The van der Waals surface area contributed by atoms with Crippen LogP contribution in [0.2, 0.25) is 0 Å². The Morgan fingerprint density at radius 3 is 2.56 bits per heavy atom. The van der Waals surface area contributed by atoms with Gasteiger partial charge in [-0.15, -0.1) is 0 Å². The molecular formula is C13H13BrN4. The van der Waals surface area contributed by atoms with E-state index in [0.29, 0.717) is 4.60 Å².